The first kappa shape index (κ1) is 13.7. The first-order valence-corrected chi connectivity index (χ1v) is 5.95. The van der Waals surface area contributed by atoms with Crippen molar-refractivity contribution < 1.29 is 14.3 Å². The molecule has 0 aliphatic heterocycles. The van der Waals surface area contributed by atoms with E-state index in [0.717, 1.165) is 0 Å². The predicted molar refractivity (Wildman–Crippen MR) is 74.9 cm³/mol. The number of hydrogen-bond donors (Lipinski definition) is 0. The minimum Gasteiger partial charge on any atom is -0.493 e. The SMILES string of the molecule is COc1cnc(C=CC(=O)c2ccncc2)cc1OC. The third-order valence-corrected chi connectivity index (χ3v) is 2.66. The van der Waals surface area contributed by atoms with Crippen molar-refractivity contribution in [1.29, 1.82) is 0 Å². The Balaban J connectivity index is 2.17. The summed E-state index contributed by atoms with van der Waals surface area (Å²) in [5.41, 5.74) is 1.20. The molecule has 0 fully saturated rings. The highest BCUT2D eigenvalue weighted by Gasteiger charge is 2.05. The van der Waals surface area contributed by atoms with E-state index in [-0.39, 0.29) is 5.78 Å². The lowest BCUT2D eigenvalue weighted by atomic mass is 10.1. The van der Waals surface area contributed by atoms with Crippen molar-refractivity contribution in [3.8, 4) is 11.5 Å². The van der Waals surface area contributed by atoms with Gasteiger partial charge < -0.3 is 9.47 Å². The van der Waals surface area contributed by atoms with E-state index in [1.807, 2.05) is 0 Å². The first-order valence-electron chi connectivity index (χ1n) is 5.95. The second kappa shape index (κ2) is 6.47. The molecule has 2 heterocycles. The van der Waals surface area contributed by atoms with E-state index in [9.17, 15) is 4.79 Å². The highest BCUT2D eigenvalue weighted by atomic mass is 16.5. The molecule has 0 aliphatic carbocycles. The van der Waals surface area contributed by atoms with Crippen molar-refractivity contribution in [3.05, 3.63) is 54.1 Å². The summed E-state index contributed by atoms with van der Waals surface area (Å²) in [6.45, 7) is 0. The molecule has 0 saturated heterocycles. The number of ketones is 1. The van der Waals surface area contributed by atoms with E-state index < -0.39 is 0 Å². The standard InChI is InChI=1S/C15H14N2O3/c1-19-14-9-12(17-10-15(14)20-2)3-4-13(18)11-5-7-16-8-6-11/h3-10H,1-2H3. The first-order chi connectivity index (χ1) is 9.74. The summed E-state index contributed by atoms with van der Waals surface area (Å²) in [5.74, 6) is 1.01. The molecule has 0 unspecified atom stereocenters. The molecule has 0 spiro atoms. The van der Waals surface area contributed by atoms with E-state index in [1.165, 1.54) is 6.08 Å². The molecular formula is C15H14N2O3. The Morgan fingerprint density at radius 1 is 1.15 bits per heavy atom. The largest absolute Gasteiger partial charge is 0.493 e. The molecule has 0 radical (unpaired) electrons. The Hall–Kier alpha value is -2.69. The third-order valence-electron chi connectivity index (χ3n) is 2.66. The molecule has 20 heavy (non-hydrogen) atoms. The molecule has 2 aromatic rings. The van der Waals surface area contributed by atoms with Crippen LogP contribution in [0.2, 0.25) is 0 Å². The quantitative estimate of drug-likeness (QED) is 0.616. The van der Waals surface area contributed by atoms with Crippen molar-refractivity contribution in [3.63, 3.8) is 0 Å². The second-order valence-electron chi connectivity index (χ2n) is 3.90. The van der Waals surface area contributed by atoms with Crippen molar-refractivity contribution in [2.24, 2.45) is 0 Å². The fourth-order valence-corrected chi connectivity index (χ4v) is 1.62. The zero-order chi connectivity index (χ0) is 14.4. The summed E-state index contributed by atoms with van der Waals surface area (Å²) in [4.78, 5) is 19.9. The molecule has 0 aromatic carbocycles. The molecule has 0 saturated carbocycles. The summed E-state index contributed by atoms with van der Waals surface area (Å²) < 4.78 is 10.3. The molecule has 5 heteroatoms. The van der Waals surface area contributed by atoms with E-state index in [4.69, 9.17) is 9.47 Å². The number of ether oxygens (including phenoxy) is 2. The number of carbonyl (C=O) groups is 1. The Kier molecular flexibility index (Phi) is 4.44. The van der Waals surface area contributed by atoms with Gasteiger partial charge in [-0.3, -0.25) is 14.8 Å². The molecule has 2 aromatic heterocycles. The minimum atomic E-state index is -0.107. The number of nitrogens with zero attached hydrogens (tertiary/aromatic N) is 2. The highest BCUT2D eigenvalue weighted by molar-refractivity contribution is 6.06. The van der Waals surface area contributed by atoms with Crippen LogP contribution < -0.4 is 9.47 Å². The van der Waals surface area contributed by atoms with Gasteiger partial charge in [-0.05, 0) is 24.3 Å². The van der Waals surface area contributed by atoms with E-state index in [2.05, 4.69) is 9.97 Å². The smallest absolute Gasteiger partial charge is 0.186 e. The van der Waals surface area contributed by atoms with Gasteiger partial charge in [-0.1, -0.05) is 0 Å². The van der Waals surface area contributed by atoms with Crippen LogP contribution in [0.3, 0.4) is 0 Å². The Morgan fingerprint density at radius 3 is 2.50 bits per heavy atom. The summed E-state index contributed by atoms with van der Waals surface area (Å²) in [6, 6.07) is 5.03. The number of allylic oxidation sites excluding steroid dienone is 1. The van der Waals surface area contributed by atoms with Gasteiger partial charge in [0.1, 0.15) is 0 Å². The number of methoxy groups -OCH3 is 2. The molecule has 0 bridgehead atoms. The molecule has 0 N–H and O–H groups in total. The van der Waals surface area contributed by atoms with Gasteiger partial charge in [-0.2, -0.15) is 0 Å². The average molecular weight is 270 g/mol. The second-order valence-corrected chi connectivity index (χ2v) is 3.90. The van der Waals surface area contributed by atoms with Crippen LogP contribution in [0.5, 0.6) is 11.5 Å². The van der Waals surface area contributed by atoms with E-state index in [0.29, 0.717) is 22.8 Å². The molecule has 102 valence electrons. The maximum absolute atomic E-state index is 11.9. The molecule has 0 amide bonds. The van der Waals surface area contributed by atoms with E-state index >= 15 is 0 Å². The van der Waals surface area contributed by atoms with Crippen LogP contribution in [0.1, 0.15) is 16.1 Å². The van der Waals surface area contributed by atoms with Crippen LogP contribution in [-0.4, -0.2) is 30.0 Å². The lowest BCUT2D eigenvalue weighted by Gasteiger charge is -2.06. The third kappa shape index (κ3) is 3.20. The van der Waals surface area contributed by atoms with Crippen molar-refractivity contribution in [2.75, 3.05) is 14.2 Å². The van der Waals surface area contributed by atoms with Crippen LogP contribution >= 0.6 is 0 Å². The van der Waals surface area contributed by atoms with Crippen LogP contribution in [0.25, 0.3) is 6.08 Å². The van der Waals surface area contributed by atoms with Crippen LogP contribution in [0.15, 0.2) is 42.9 Å². The number of aromatic nitrogens is 2. The fourth-order valence-electron chi connectivity index (χ4n) is 1.62. The Morgan fingerprint density at radius 2 is 1.85 bits per heavy atom. The van der Waals surface area contributed by atoms with Gasteiger partial charge >= 0.3 is 0 Å². The van der Waals surface area contributed by atoms with Gasteiger partial charge in [0.05, 0.1) is 26.1 Å². The van der Waals surface area contributed by atoms with Crippen LogP contribution in [0.4, 0.5) is 0 Å². The number of pyridine rings is 2. The Bertz CT molecular complexity index is 624. The van der Waals surface area contributed by atoms with Crippen LogP contribution in [0, 0.1) is 0 Å². The molecular weight excluding hydrogens is 256 g/mol. The number of rotatable bonds is 5. The van der Waals surface area contributed by atoms with E-state index in [1.54, 1.807) is 57.1 Å². The fraction of sp³-hybridized carbons (Fsp3) is 0.133. The average Bonchev–Trinajstić information content (AvgIpc) is 2.53. The van der Waals surface area contributed by atoms with Crippen molar-refractivity contribution >= 4 is 11.9 Å². The molecule has 0 aliphatic rings. The highest BCUT2D eigenvalue weighted by Crippen LogP contribution is 2.26. The Labute approximate surface area is 116 Å². The van der Waals surface area contributed by atoms with Gasteiger partial charge in [0.2, 0.25) is 0 Å². The lowest BCUT2D eigenvalue weighted by Crippen LogP contribution is -1.95. The normalized spacial score (nSPS) is 10.5. The molecule has 5 nitrogen and oxygen atoms in total. The van der Waals surface area contributed by atoms with Gasteiger partial charge in [0.15, 0.2) is 17.3 Å². The monoisotopic (exact) mass is 270 g/mol. The zero-order valence-corrected chi connectivity index (χ0v) is 11.2. The van der Waals surface area contributed by atoms with Gasteiger partial charge in [0, 0.05) is 24.0 Å². The van der Waals surface area contributed by atoms with Gasteiger partial charge in [0.25, 0.3) is 0 Å². The van der Waals surface area contributed by atoms with Gasteiger partial charge in [-0.15, -0.1) is 0 Å². The molecule has 0 atom stereocenters. The minimum absolute atomic E-state index is 0.107. The summed E-state index contributed by atoms with van der Waals surface area (Å²) >= 11 is 0. The maximum Gasteiger partial charge on any atom is 0.186 e. The zero-order valence-electron chi connectivity index (χ0n) is 11.2. The topological polar surface area (TPSA) is 61.3 Å². The molecule has 2 rings (SSSR count). The predicted octanol–water partition coefficient (Wildman–Crippen LogP) is 2.39. The summed E-state index contributed by atoms with van der Waals surface area (Å²) in [5, 5.41) is 0. The number of hydrogen-bond acceptors (Lipinski definition) is 5. The summed E-state index contributed by atoms with van der Waals surface area (Å²) in [6.07, 6.45) is 7.80. The van der Waals surface area contributed by atoms with Crippen molar-refractivity contribution in [1.82, 2.24) is 9.97 Å². The number of carbonyl (C=O) groups excluding carboxylic acids is 1. The van der Waals surface area contributed by atoms with Crippen molar-refractivity contribution in [2.45, 2.75) is 0 Å². The van der Waals surface area contributed by atoms with Gasteiger partial charge in [-0.25, -0.2) is 0 Å². The lowest BCUT2D eigenvalue weighted by molar-refractivity contribution is 0.104. The summed E-state index contributed by atoms with van der Waals surface area (Å²) in [7, 11) is 3.09. The maximum atomic E-state index is 11.9. The van der Waals surface area contributed by atoms with Crippen LogP contribution in [-0.2, 0) is 0 Å².